The summed E-state index contributed by atoms with van der Waals surface area (Å²) in [6, 6.07) is 16.4. The summed E-state index contributed by atoms with van der Waals surface area (Å²) >= 11 is -1.77. The van der Waals surface area contributed by atoms with E-state index in [2.05, 4.69) is 91.8 Å². The van der Waals surface area contributed by atoms with Crippen LogP contribution in [0.2, 0.25) is 0 Å². The van der Waals surface area contributed by atoms with Crippen molar-refractivity contribution in [3.8, 4) is 23.0 Å². The van der Waals surface area contributed by atoms with Gasteiger partial charge in [0.05, 0.1) is 0 Å². The first kappa shape index (κ1) is 39.7. The highest BCUT2D eigenvalue weighted by atomic mass is 31.2. The second-order valence-corrected chi connectivity index (χ2v) is 21.0. The smallest absolute Gasteiger partial charge is 0.396 e. The van der Waals surface area contributed by atoms with Crippen LogP contribution in [0.3, 0.4) is 0 Å². The van der Waals surface area contributed by atoms with Crippen LogP contribution in [0.15, 0.2) is 48.5 Å². The lowest BCUT2D eigenvalue weighted by molar-refractivity contribution is 0.257. The Bertz CT molecular complexity index is 2040. The van der Waals surface area contributed by atoms with Gasteiger partial charge in [0.2, 0.25) is 0 Å². The molecule has 0 fully saturated rings. The van der Waals surface area contributed by atoms with Crippen molar-refractivity contribution in [3.05, 3.63) is 115 Å². The predicted octanol–water partition coefficient (Wildman–Crippen LogP) is 11.8. The zero-order valence-electron chi connectivity index (χ0n) is 33.2. The molecule has 0 N–H and O–H groups in total. The topological polar surface area (TPSA) is 89.5 Å². The standard InChI is InChI=1S/C23H31O4P.C19H23O4P.Al/c1-14-9-16-13-17-10-15(2)12-19(23(6,7)8)21(17)27-28(24,25)26-20(16)18(11-14)22(3,4)5;1-5-14-7-12(3)9-16-11-17-10-13(4)8-15(6-2)19(17)23-24(20,21)22-18(14)16;/h9-12H,13H2,1-8H3,(H,24,25);7-10H,5-6,11H2,1-4H3,(H,20,21);/q;;+2/p-2. The third-order valence-corrected chi connectivity index (χ3v) is 14.1. The number of hydrogen-bond donors (Lipinski definition) is 0. The Kier molecular flexibility index (Phi) is 10.9. The van der Waals surface area contributed by atoms with Crippen LogP contribution in [0.5, 0.6) is 23.0 Å². The lowest BCUT2D eigenvalue weighted by atomic mass is 9.81. The molecule has 0 saturated carbocycles. The molecule has 1 radical (unpaired) electrons. The molecule has 0 spiro atoms. The summed E-state index contributed by atoms with van der Waals surface area (Å²) in [5.41, 5.74) is 10.6. The Hall–Kier alpha value is -3.01. The van der Waals surface area contributed by atoms with Crippen LogP contribution in [-0.2, 0) is 52.8 Å². The molecule has 281 valence electrons. The fourth-order valence-corrected chi connectivity index (χ4v) is 11.2. The van der Waals surface area contributed by atoms with E-state index in [9.17, 15) is 4.57 Å². The third kappa shape index (κ3) is 8.47. The van der Waals surface area contributed by atoms with Crippen molar-refractivity contribution in [2.24, 2.45) is 0 Å². The van der Waals surface area contributed by atoms with E-state index in [1.54, 1.807) is 0 Å². The van der Waals surface area contributed by atoms with Gasteiger partial charge in [0.1, 0.15) is 23.0 Å². The second kappa shape index (κ2) is 14.6. The van der Waals surface area contributed by atoms with E-state index in [-0.39, 0.29) is 10.8 Å². The molecule has 0 amide bonds. The van der Waals surface area contributed by atoms with Gasteiger partial charge in [0.15, 0.2) is 0 Å². The molecule has 0 aliphatic carbocycles. The molecule has 4 aromatic rings. The number of aryl methyl sites for hydroxylation is 6. The summed E-state index contributed by atoms with van der Waals surface area (Å²) in [4.78, 5) is 0. The average molecular weight is 774 g/mol. The largest absolute Gasteiger partial charge is 0.689 e. The quantitative estimate of drug-likeness (QED) is 0.141. The first-order valence-electron chi connectivity index (χ1n) is 18.4. The molecule has 2 aliphatic rings. The first-order chi connectivity index (χ1) is 24.7. The summed E-state index contributed by atoms with van der Waals surface area (Å²) in [6.07, 6.45) is 2.35. The van der Waals surface area contributed by atoms with Gasteiger partial charge in [-0.3, -0.25) is 0 Å². The average Bonchev–Trinajstić information content (AvgIpc) is 3.03. The monoisotopic (exact) mass is 773 g/mol. The maximum absolute atomic E-state index is 15.1. The lowest BCUT2D eigenvalue weighted by Crippen LogP contribution is -2.21. The molecule has 0 atom stereocenters. The highest BCUT2D eigenvalue weighted by Crippen LogP contribution is 2.59. The minimum atomic E-state index is -4.49. The molecule has 11 heteroatoms. The van der Waals surface area contributed by atoms with Crippen molar-refractivity contribution in [1.29, 1.82) is 0 Å². The number of phosphoric ester groups is 2. The minimum Gasteiger partial charge on any atom is -0.396 e. The first-order valence-corrected chi connectivity index (χ1v) is 22.3. The van der Waals surface area contributed by atoms with Crippen LogP contribution in [0.1, 0.15) is 122 Å². The van der Waals surface area contributed by atoms with Gasteiger partial charge in [0, 0.05) is 24.0 Å². The zero-order chi connectivity index (χ0) is 38.7. The highest BCUT2D eigenvalue weighted by Gasteiger charge is 2.43. The van der Waals surface area contributed by atoms with Crippen molar-refractivity contribution in [2.75, 3.05) is 0 Å². The van der Waals surface area contributed by atoms with Gasteiger partial charge in [-0.2, -0.15) is 0 Å². The van der Waals surface area contributed by atoms with Crippen molar-refractivity contribution in [1.82, 2.24) is 0 Å². The molecule has 8 nitrogen and oxygen atoms in total. The van der Waals surface area contributed by atoms with E-state index < -0.39 is 31.5 Å². The normalized spacial score (nSPS) is 16.0. The van der Waals surface area contributed by atoms with Gasteiger partial charge in [-0.05, 0) is 84.7 Å². The number of phosphoric acid groups is 2. The van der Waals surface area contributed by atoms with Gasteiger partial charge < -0.3 is 25.2 Å². The fourth-order valence-electron chi connectivity index (χ4n) is 7.27. The maximum atomic E-state index is 15.1. The molecule has 2 heterocycles. The van der Waals surface area contributed by atoms with E-state index in [1.165, 1.54) is 0 Å². The van der Waals surface area contributed by atoms with Crippen LogP contribution in [0.25, 0.3) is 0 Å². The van der Waals surface area contributed by atoms with Crippen molar-refractivity contribution < 1.29 is 34.4 Å². The molecule has 0 bridgehead atoms. The van der Waals surface area contributed by atoms with Crippen LogP contribution in [-0.4, -0.2) is 15.9 Å². The van der Waals surface area contributed by atoms with E-state index in [1.807, 2.05) is 39.8 Å². The number of fused-ring (bicyclic) bond motifs is 4. The van der Waals surface area contributed by atoms with E-state index >= 15 is 4.57 Å². The summed E-state index contributed by atoms with van der Waals surface area (Å²) in [5.74, 6) is 1.84. The van der Waals surface area contributed by atoms with E-state index in [0.717, 1.165) is 66.8 Å². The summed E-state index contributed by atoms with van der Waals surface area (Å²) in [7, 11) is -8.90. The minimum absolute atomic E-state index is 0.355. The number of rotatable bonds is 6. The maximum Gasteiger partial charge on any atom is 0.689 e. The van der Waals surface area contributed by atoms with Crippen molar-refractivity contribution in [2.45, 2.75) is 120 Å². The molecule has 4 aromatic carbocycles. The Morgan fingerprint density at radius 1 is 0.528 bits per heavy atom. The molecule has 0 saturated heterocycles. The number of hydrogen-bond acceptors (Lipinski definition) is 8. The third-order valence-electron chi connectivity index (χ3n) is 9.69. The van der Waals surface area contributed by atoms with Gasteiger partial charge >= 0.3 is 31.5 Å². The van der Waals surface area contributed by atoms with Crippen molar-refractivity contribution in [3.63, 3.8) is 0 Å². The Morgan fingerprint density at radius 3 is 1.15 bits per heavy atom. The predicted molar refractivity (Wildman–Crippen MR) is 212 cm³/mol. The molecular weight excluding hydrogens is 721 g/mol. The summed E-state index contributed by atoms with van der Waals surface area (Å²) in [6.45, 7) is 24.8. The lowest BCUT2D eigenvalue weighted by Gasteiger charge is -2.33. The van der Waals surface area contributed by atoms with Crippen LogP contribution >= 0.6 is 15.6 Å². The van der Waals surface area contributed by atoms with Crippen LogP contribution in [0, 0.1) is 27.7 Å². The highest BCUT2D eigenvalue weighted by molar-refractivity contribution is 7.52. The van der Waals surface area contributed by atoms with Gasteiger partial charge in [-0.1, -0.05) is 126 Å². The Morgan fingerprint density at radius 2 is 0.830 bits per heavy atom. The van der Waals surface area contributed by atoms with Crippen LogP contribution in [0.4, 0.5) is 0 Å². The van der Waals surface area contributed by atoms with E-state index in [4.69, 9.17) is 25.2 Å². The summed E-state index contributed by atoms with van der Waals surface area (Å²) in [5, 5.41) is 0. The fraction of sp³-hybridized carbons (Fsp3) is 0.429. The van der Waals surface area contributed by atoms with Crippen molar-refractivity contribution >= 4 is 31.5 Å². The Labute approximate surface area is 322 Å². The van der Waals surface area contributed by atoms with Gasteiger partial charge in [0.25, 0.3) is 0 Å². The Balaban J connectivity index is 1.43. The molecule has 0 aromatic heterocycles. The number of benzene rings is 4. The van der Waals surface area contributed by atoms with Crippen LogP contribution < -0.4 is 18.1 Å². The molecular formula is C42H52AlO8P2. The SMILES string of the molecule is CCc1cc(C)cc2c1OP(=O)([O][Al][O]P1(=O)Oc3c(cc(C)cc3C(C)(C)C)Cc3cc(C)cc(C(C)(C)C)c3O1)Oc1c(CC)cc(C)cc1C2. The molecule has 6 rings (SSSR count). The van der Waals surface area contributed by atoms with E-state index in [0.29, 0.717) is 48.7 Å². The zero-order valence-corrected chi connectivity index (χ0v) is 36.1. The van der Waals surface area contributed by atoms with Gasteiger partial charge in [-0.25, -0.2) is 9.13 Å². The molecule has 53 heavy (non-hydrogen) atoms. The summed E-state index contributed by atoms with van der Waals surface area (Å²) < 4.78 is 67.7. The molecule has 0 unspecified atom stereocenters. The van der Waals surface area contributed by atoms with Gasteiger partial charge in [-0.15, -0.1) is 0 Å². The molecule has 2 aliphatic heterocycles. The second-order valence-electron chi connectivity index (χ2n) is 16.6.